The number of hydrogen-bond donors (Lipinski definition) is 1. The molecule has 1 aromatic heterocycles. The molecule has 21 heavy (non-hydrogen) atoms. The summed E-state index contributed by atoms with van der Waals surface area (Å²) in [5.41, 5.74) is -0.891. The number of ether oxygens (including phenoxy) is 1. The topological polar surface area (TPSA) is 124 Å². The zero-order chi connectivity index (χ0) is 15.7. The van der Waals surface area contributed by atoms with Crippen molar-refractivity contribution in [3.8, 4) is 0 Å². The van der Waals surface area contributed by atoms with E-state index in [2.05, 4.69) is 9.89 Å². The molecule has 1 aliphatic carbocycles. The zero-order valence-electron chi connectivity index (χ0n) is 11.4. The predicted molar refractivity (Wildman–Crippen MR) is 69.3 cm³/mol. The molecule has 1 aromatic rings. The average Bonchev–Trinajstić information content (AvgIpc) is 2.94. The van der Waals surface area contributed by atoms with Crippen LogP contribution in [0.5, 0.6) is 0 Å². The van der Waals surface area contributed by atoms with Crippen LogP contribution in [-0.4, -0.2) is 43.5 Å². The number of carbonyl (C=O) groups is 2. The summed E-state index contributed by atoms with van der Waals surface area (Å²) in [6.07, 6.45) is 1.37. The average molecular weight is 317 g/mol. The van der Waals surface area contributed by atoms with E-state index in [1.54, 1.807) is 0 Å². The van der Waals surface area contributed by atoms with Gasteiger partial charge in [0.15, 0.2) is 21.3 Å². The predicted octanol–water partition coefficient (Wildman–Crippen LogP) is 0.631. The fraction of sp³-hybridized carbons (Fsp3) is 0.583. The Labute approximate surface area is 121 Å². The second-order valence-corrected chi connectivity index (χ2v) is 7.33. The van der Waals surface area contributed by atoms with Gasteiger partial charge in [-0.2, -0.15) is 0 Å². The van der Waals surface area contributed by atoms with Crippen molar-refractivity contribution in [2.75, 3.05) is 12.9 Å². The van der Waals surface area contributed by atoms with Crippen molar-refractivity contribution < 1.29 is 32.4 Å². The Kier molecular flexibility index (Phi) is 4.04. The van der Waals surface area contributed by atoms with Gasteiger partial charge in [-0.15, -0.1) is 0 Å². The molecule has 0 unspecified atom stereocenters. The van der Waals surface area contributed by atoms with Crippen molar-refractivity contribution in [2.24, 2.45) is 5.41 Å². The van der Waals surface area contributed by atoms with Gasteiger partial charge in [0.25, 0.3) is 0 Å². The van der Waals surface area contributed by atoms with Gasteiger partial charge in [-0.3, -0.25) is 4.79 Å². The number of esters is 1. The van der Waals surface area contributed by atoms with Crippen LogP contribution in [0.3, 0.4) is 0 Å². The van der Waals surface area contributed by atoms with Crippen LogP contribution in [0.15, 0.2) is 10.6 Å². The lowest BCUT2D eigenvalue weighted by Crippen LogP contribution is -2.22. The van der Waals surface area contributed by atoms with Crippen LogP contribution in [0.2, 0.25) is 0 Å². The molecule has 8 nitrogen and oxygen atoms in total. The van der Waals surface area contributed by atoms with E-state index in [4.69, 9.17) is 9.63 Å². The van der Waals surface area contributed by atoms with Crippen LogP contribution in [0.25, 0.3) is 0 Å². The molecule has 0 atom stereocenters. The lowest BCUT2D eigenvalue weighted by molar-refractivity contribution is -0.141. The van der Waals surface area contributed by atoms with Crippen LogP contribution in [-0.2, 0) is 25.1 Å². The van der Waals surface area contributed by atoms with Gasteiger partial charge in [0.1, 0.15) is 5.75 Å². The van der Waals surface area contributed by atoms with E-state index in [1.165, 1.54) is 7.11 Å². The molecule has 1 N–H and O–H groups in total. The normalized spacial score (nSPS) is 16.4. The molecule has 0 aromatic carbocycles. The lowest BCUT2D eigenvalue weighted by Gasteiger charge is -2.13. The number of carboxylic acid groups (broad SMARTS) is 1. The number of aromatic nitrogens is 1. The minimum atomic E-state index is -3.53. The smallest absolute Gasteiger partial charge is 0.358 e. The van der Waals surface area contributed by atoms with Gasteiger partial charge in [-0.05, 0) is 18.3 Å². The number of carboxylic acids is 1. The Hall–Kier alpha value is -1.90. The van der Waals surface area contributed by atoms with Crippen molar-refractivity contribution >= 4 is 21.8 Å². The molecule has 116 valence electrons. The third-order valence-electron chi connectivity index (χ3n) is 3.37. The van der Waals surface area contributed by atoms with Gasteiger partial charge < -0.3 is 14.4 Å². The van der Waals surface area contributed by atoms with Gasteiger partial charge in [0, 0.05) is 6.07 Å². The number of methoxy groups -OCH3 is 1. The van der Waals surface area contributed by atoms with E-state index in [0.717, 1.165) is 6.07 Å². The largest absolute Gasteiger partial charge is 0.476 e. The summed E-state index contributed by atoms with van der Waals surface area (Å²) in [5.74, 6) is -2.34. The Morgan fingerprint density at radius 3 is 2.62 bits per heavy atom. The van der Waals surface area contributed by atoms with Crippen LogP contribution >= 0.6 is 0 Å². The maximum absolute atomic E-state index is 12.1. The second kappa shape index (κ2) is 5.47. The lowest BCUT2D eigenvalue weighted by atomic mass is 10.1. The van der Waals surface area contributed by atoms with Gasteiger partial charge >= 0.3 is 11.9 Å². The fourth-order valence-electron chi connectivity index (χ4n) is 2.14. The van der Waals surface area contributed by atoms with E-state index in [9.17, 15) is 18.0 Å². The highest BCUT2D eigenvalue weighted by Crippen LogP contribution is 2.50. The van der Waals surface area contributed by atoms with Gasteiger partial charge in [0.05, 0.1) is 19.3 Å². The molecule has 1 saturated carbocycles. The van der Waals surface area contributed by atoms with Gasteiger partial charge in [0.2, 0.25) is 0 Å². The van der Waals surface area contributed by atoms with E-state index >= 15 is 0 Å². The quantitative estimate of drug-likeness (QED) is 0.726. The maximum atomic E-state index is 12.1. The Balaban J connectivity index is 2.02. The summed E-state index contributed by atoms with van der Waals surface area (Å²) in [4.78, 5) is 21.9. The highest BCUT2D eigenvalue weighted by Gasteiger charge is 2.48. The van der Waals surface area contributed by atoms with E-state index < -0.39 is 32.9 Å². The molecule has 1 aliphatic rings. The molecule has 0 bridgehead atoms. The van der Waals surface area contributed by atoms with Gasteiger partial charge in [-0.25, -0.2) is 13.2 Å². The monoisotopic (exact) mass is 317 g/mol. The Bertz CT molecular complexity index is 657. The Morgan fingerprint density at radius 1 is 1.48 bits per heavy atom. The van der Waals surface area contributed by atoms with Crippen molar-refractivity contribution in [1.29, 1.82) is 0 Å². The molecule has 1 heterocycles. The third-order valence-corrected chi connectivity index (χ3v) is 5.15. The van der Waals surface area contributed by atoms with E-state index in [-0.39, 0.29) is 23.6 Å². The van der Waals surface area contributed by atoms with Crippen molar-refractivity contribution in [3.63, 3.8) is 0 Å². The number of rotatable bonds is 7. The van der Waals surface area contributed by atoms with E-state index in [1.807, 2.05) is 0 Å². The molecule has 0 amide bonds. The molecule has 0 radical (unpaired) electrons. The third kappa shape index (κ3) is 4.03. The summed E-state index contributed by atoms with van der Waals surface area (Å²) < 4.78 is 33.5. The summed E-state index contributed by atoms with van der Waals surface area (Å²) >= 11 is 0. The number of sulfone groups is 1. The summed E-state index contributed by atoms with van der Waals surface area (Å²) in [7, 11) is -2.27. The number of hydrogen-bond acceptors (Lipinski definition) is 7. The molecule has 0 spiro atoms. The SMILES string of the molecule is COC(=O)CC1(CS(=O)(=O)Cc2cc(C(=O)O)no2)CC1. The number of carbonyl (C=O) groups excluding carboxylic acids is 1. The first-order valence-electron chi connectivity index (χ1n) is 6.21. The minimum Gasteiger partial charge on any atom is -0.476 e. The van der Waals surface area contributed by atoms with Crippen LogP contribution in [0, 0.1) is 5.41 Å². The molecule has 2 rings (SSSR count). The van der Waals surface area contributed by atoms with Crippen molar-refractivity contribution in [2.45, 2.75) is 25.0 Å². The fourth-order valence-corrected chi connectivity index (χ4v) is 4.14. The Morgan fingerprint density at radius 2 is 2.14 bits per heavy atom. The first-order valence-corrected chi connectivity index (χ1v) is 8.04. The first kappa shape index (κ1) is 15.5. The molecule has 9 heteroatoms. The van der Waals surface area contributed by atoms with Gasteiger partial charge in [-0.1, -0.05) is 5.16 Å². The zero-order valence-corrected chi connectivity index (χ0v) is 12.2. The summed E-state index contributed by atoms with van der Waals surface area (Å²) in [5, 5.41) is 12.0. The van der Waals surface area contributed by atoms with Crippen LogP contribution in [0.4, 0.5) is 0 Å². The highest BCUT2D eigenvalue weighted by atomic mass is 32.2. The number of aromatic carboxylic acids is 1. The standard InChI is InChI=1S/C12H15NO7S/c1-19-10(14)5-12(2-3-12)7-21(17,18)6-8-4-9(11(15)16)13-20-8/h4H,2-3,5-7H2,1H3,(H,15,16). The van der Waals surface area contributed by atoms with E-state index in [0.29, 0.717) is 12.8 Å². The summed E-state index contributed by atoms with van der Waals surface area (Å²) in [6, 6.07) is 1.08. The molecular weight excluding hydrogens is 302 g/mol. The second-order valence-electron chi connectivity index (χ2n) is 5.27. The highest BCUT2D eigenvalue weighted by molar-refractivity contribution is 7.90. The molecule has 1 fully saturated rings. The first-order chi connectivity index (χ1) is 9.75. The minimum absolute atomic E-state index is 0.0266. The van der Waals surface area contributed by atoms with Crippen LogP contribution in [0.1, 0.15) is 35.5 Å². The maximum Gasteiger partial charge on any atom is 0.358 e. The van der Waals surface area contributed by atoms with Crippen molar-refractivity contribution in [3.05, 3.63) is 17.5 Å². The summed E-state index contributed by atoms with van der Waals surface area (Å²) in [6.45, 7) is 0. The molecular formula is C12H15NO7S. The van der Waals surface area contributed by atoms with Crippen LogP contribution < -0.4 is 0 Å². The number of nitrogens with zero attached hydrogens (tertiary/aromatic N) is 1. The molecule has 0 saturated heterocycles. The van der Waals surface area contributed by atoms with Crippen molar-refractivity contribution in [1.82, 2.24) is 5.16 Å². The molecule has 0 aliphatic heterocycles.